The number of hydrogen-bond acceptors (Lipinski definition) is 2. The molecule has 0 saturated heterocycles. The SMILES string of the molecule is C=C(c1cn([Si](C(C)C)(C(C)C)C(C)C)c2ncccc12)N(C)C. The summed E-state index contributed by atoms with van der Waals surface area (Å²) in [7, 11) is 2.28. The molecule has 0 amide bonds. The van der Waals surface area contributed by atoms with Crippen LogP contribution in [-0.4, -0.2) is 36.4 Å². The van der Waals surface area contributed by atoms with Crippen LogP contribution < -0.4 is 0 Å². The molecule has 0 saturated carbocycles. The highest BCUT2D eigenvalue weighted by Crippen LogP contribution is 2.45. The van der Waals surface area contributed by atoms with Crippen LogP contribution >= 0.6 is 0 Å². The van der Waals surface area contributed by atoms with Crippen LogP contribution in [0.1, 0.15) is 47.1 Å². The maximum atomic E-state index is 4.79. The summed E-state index contributed by atoms with van der Waals surface area (Å²) >= 11 is 0. The van der Waals surface area contributed by atoms with Gasteiger partial charge in [0.25, 0.3) is 0 Å². The molecule has 0 aliphatic carbocycles. The lowest BCUT2D eigenvalue weighted by Gasteiger charge is -2.44. The van der Waals surface area contributed by atoms with E-state index in [9.17, 15) is 0 Å². The van der Waals surface area contributed by atoms with Crippen LogP contribution in [0.4, 0.5) is 0 Å². The van der Waals surface area contributed by atoms with E-state index in [1.165, 1.54) is 10.9 Å². The van der Waals surface area contributed by atoms with Crippen LogP contribution in [0.15, 0.2) is 31.1 Å². The molecule has 0 bridgehead atoms. The number of aromatic nitrogens is 2. The van der Waals surface area contributed by atoms with E-state index in [1.54, 1.807) is 0 Å². The molecular weight excluding hydrogens is 310 g/mol. The molecule has 132 valence electrons. The minimum Gasteiger partial charge on any atom is -0.378 e. The summed E-state index contributed by atoms with van der Waals surface area (Å²) in [5.74, 6) is 0. The Bertz CT molecular complexity index is 704. The van der Waals surface area contributed by atoms with Gasteiger partial charge in [0, 0.05) is 43.1 Å². The first kappa shape index (κ1) is 18.8. The quantitative estimate of drug-likeness (QED) is 0.637. The highest BCUT2D eigenvalue weighted by Gasteiger charge is 2.46. The molecule has 0 unspecified atom stereocenters. The molecule has 3 nitrogen and oxygen atoms in total. The number of rotatable bonds is 6. The van der Waals surface area contributed by atoms with E-state index in [1.807, 2.05) is 12.3 Å². The summed E-state index contributed by atoms with van der Waals surface area (Å²) < 4.78 is 2.58. The van der Waals surface area contributed by atoms with Gasteiger partial charge in [-0.2, -0.15) is 0 Å². The molecule has 0 atom stereocenters. The molecular formula is C20H33N3Si. The first-order valence-electron chi connectivity index (χ1n) is 8.98. The smallest absolute Gasteiger partial charge is 0.171 e. The Morgan fingerprint density at radius 3 is 2.08 bits per heavy atom. The second kappa shape index (κ2) is 6.75. The molecule has 2 rings (SSSR count). The van der Waals surface area contributed by atoms with E-state index >= 15 is 0 Å². The lowest BCUT2D eigenvalue weighted by molar-refractivity contribution is 0.594. The van der Waals surface area contributed by atoms with Crippen LogP contribution in [-0.2, 0) is 0 Å². The lowest BCUT2D eigenvalue weighted by atomic mass is 10.2. The zero-order chi connectivity index (χ0) is 18.2. The second-order valence-corrected chi connectivity index (χ2v) is 13.7. The summed E-state index contributed by atoms with van der Waals surface area (Å²) in [6, 6.07) is 4.21. The molecule has 0 spiro atoms. The maximum absolute atomic E-state index is 4.79. The van der Waals surface area contributed by atoms with E-state index in [4.69, 9.17) is 4.98 Å². The average Bonchev–Trinajstić information content (AvgIpc) is 2.86. The van der Waals surface area contributed by atoms with Crippen LogP contribution in [0.5, 0.6) is 0 Å². The average molecular weight is 344 g/mol. The lowest BCUT2D eigenvalue weighted by Crippen LogP contribution is -2.51. The van der Waals surface area contributed by atoms with Crippen molar-refractivity contribution in [3.63, 3.8) is 0 Å². The van der Waals surface area contributed by atoms with Gasteiger partial charge in [0.1, 0.15) is 5.65 Å². The van der Waals surface area contributed by atoms with E-state index in [2.05, 4.69) is 83.6 Å². The fourth-order valence-corrected chi connectivity index (χ4v) is 11.2. The maximum Gasteiger partial charge on any atom is 0.171 e. The Hall–Kier alpha value is -1.55. The summed E-state index contributed by atoms with van der Waals surface area (Å²) in [5.41, 5.74) is 5.29. The van der Waals surface area contributed by atoms with Crippen LogP contribution in [0.25, 0.3) is 16.7 Å². The number of nitrogens with zero attached hydrogens (tertiary/aromatic N) is 3. The monoisotopic (exact) mass is 343 g/mol. The van der Waals surface area contributed by atoms with E-state index in [0.29, 0.717) is 16.6 Å². The van der Waals surface area contributed by atoms with Gasteiger partial charge >= 0.3 is 0 Å². The molecule has 24 heavy (non-hydrogen) atoms. The molecule has 0 N–H and O–H groups in total. The van der Waals surface area contributed by atoms with Gasteiger partial charge < -0.3 is 9.13 Å². The fourth-order valence-electron chi connectivity index (χ4n) is 4.66. The molecule has 2 aromatic rings. The van der Waals surface area contributed by atoms with Crippen LogP contribution in [0.3, 0.4) is 0 Å². The zero-order valence-electron chi connectivity index (χ0n) is 16.6. The third kappa shape index (κ3) is 2.71. The predicted molar refractivity (Wildman–Crippen MR) is 109 cm³/mol. The van der Waals surface area contributed by atoms with Crippen molar-refractivity contribution in [2.75, 3.05) is 14.1 Å². The minimum atomic E-state index is -1.83. The van der Waals surface area contributed by atoms with Gasteiger partial charge in [-0.15, -0.1) is 0 Å². The van der Waals surface area contributed by atoms with Crippen molar-refractivity contribution in [1.29, 1.82) is 0 Å². The molecule has 0 fully saturated rings. The molecule has 2 heterocycles. The standard InChI is InChI=1S/C20H33N3Si/c1-14(2)24(15(3)4,16(5)6)23-13-19(17(7)22(8)9)18-11-10-12-21-20(18)23/h10-16H,7H2,1-6,8-9H3. The Morgan fingerprint density at radius 2 is 1.62 bits per heavy atom. The van der Waals surface area contributed by atoms with E-state index < -0.39 is 8.24 Å². The third-order valence-electron chi connectivity index (χ3n) is 5.61. The van der Waals surface area contributed by atoms with Gasteiger partial charge in [-0.1, -0.05) is 48.1 Å². The highest BCUT2D eigenvalue weighted by molar-refractivity contribution is 6.82. The van der Waals surface area contributed by atoms with Gasteiger partial charge in [-0.25, -0.2) is 4.98 Å². The molecule has 4 heteroatoms. The van der Waals surface area contributed by atoms with Crippen molar-refractivity contribution in [3.05, 3.63) is 36.7 Å². The number of pyridine rings is 1. The normalized spacial score (nSPS) is 12.6. The molecule has 0 radical (unpaired) electrons. The summed E-state index contributed by atoms with van der Waals surface area (Å²) in [4.78, 5) is 6.89. The Kier molecular flexibility index (Phi) is 5.28. The van der Waals surface area contributed by atoms with Gasteiger partial charge in [-0.3, -0.25) is 0 Å². The van der Waals surface area contributed by atoms with Crippen LogP contribution in [0, 0.1) is 0 Å². The second-order valence-electron chi connectivity index (χ2n) is 7.98. The topological polar surface area (TPSA) is 21.1 Å². The van der Waals surface area contributed by atoms with E-state index in [0.717, 1.165) is 11.3 Å². The number of fused-ring (bicyclic) bond motifs is 1. The van der Waals surface area contributed by atoms with Crippen molar-refractivity contribution in [3.8, 4) is 0 Å². The molecule has 0 aliphatic rings. The predicted octanol–water partition coefficient (Wildman–Crippen LogP) is 5.59. The Labute approximate surface area is 148 Å². The van der Waals surface area contributed by atoms with Crippen molar-refractivity contribution in [1.82, 2.24) is 14.1 Å². The number of hydrogen-bond donors (Lipinski definition) is 0. The van der Waals surface area contributed by atoms with Crippen molar-refractivity contribution in [2.24, 2.45) is 0 Å². The van der Waals surface area contributed by atoms with Crippen LogP contribution in [0.2, 0.25) is 16.6 Å². The van der Waals surface area contributed by atoms with Crippen molar-refractivity contribution < 1.29 is 0 Å². The Balaban J connectivity index is 2.87. The van der Waals surface area contributed by atoms with Gasteiger partial charge in [0.15, 0.2) is 8.24 Å². The summed E-state index contributed by atoms with van der Waals surface area (Å²) in [6.07, 6.45) is 4.26. The Morgan fingerprint density at radius 1 is 1.08 bits per heavy atom. The zero-order valence-corrected chi connectivity index (χ0v) is 17.6. The molecule has 0 aliphatic heterocycles. The first-order valence-corrected chi connectivity index (χ1v) is 11.2. The third-order valence-corrected chi connectivity index (χ3v) is 12.3. The van der Waals surface area contributed by atoms with Crippen molar-refractivity contribution in [2.45, 2.75) is 58.2 Å². The summed E-state index contributed by atoms with van der Waals surface area (Å²) in [6.45, 7) is 18.6. The minimum absolute atomic E-state index is 0.635. The summed E-state index contributed by atoms with van der Waals surface area (Å²) in [5, 5.41) is 1.22. The molecule has 2 aromatic heterocycles. The van der Waals surface area contributed by atoms with E-state index in [-0.39, 0.29) is 0 Å². The highest BCUT2D eigenvalue weighted by atomic mass is 28.3. The van der Waals surface area contributed by atoms with Gasteiger partial charge in [-0.05, 0) is 28.8 Å². The molecule has 0 aromatic carbocycles. The fraction of sp³-hybridized carbons (Fsp3) is 0.550. The van der Waals surface area contributed by atoms with Gasteiger partial charge in [0.05, 0.1) is 0 Å². The van der Waals surface area contributed by atoms with Crippen molar-refractivity contribution >= 4 is 25.0 Å². The largest absolute Gasteiger partial charge is 0.378 e. The van der Waals surface area contributed by atoms with Gasteiger partial charge in [0.2, 0.25) is 0 Å². The first-order chi connectivity index (χ1) is 11.2.